The van der Waals surface area contributed by atoms with Gasteiger partial charge in [0.1, 0.15) is 5.82 Å². The van der Waals surface area contributed by atoms with Crippen molar-refractivity contribution in [1.29, 1.82) is 0 Å². The molecule has 0 bridgehead atoms. The van der Waals surface area contributed by atoms with Crippen molar-refractivity contribution in [3.05, 3.63) is 58.3 Å². The highest BCUT2D eigenvalue weighted by atomic mass is 79.9. The smallest absolute Gasteiger partial charge is 0.234 e. The van der Waals surface area contributed by atoms with Gasteiger partial charge in [0.25, 0.3) is 0 Å². The Morgan fingerprint density at radius 2 is 1.79 bits per heavy atom. The molecular weight excluding hydrogens is 395 g/mol. The number of aryl methyl sites for hydroxylation is 1. The molecule has 2 rings (SSSR count). The van der Waals surface area contributed by atoms with Crippen LogP contribution in [-0.4, -0.2) is 23.3 Å². The molecule has 24 heavy (non-hydrogen) atoms. The molecule has 0 saturated carbocycles. The topological polar surface area (TPSA) is 58.2 Å². The van der Waals surface area contributed by atoms with Gasteiger partial charge in [-0.25, -0.2) is 4.39 Å². The average Bonchev–Trinajstić information content (AvgIpc) is 2.50. The number of carbonyl (C=O) groups excluding carboxylic acids is 2. The molecule has 0 radical (unpaired) electrons. The van der Waals surface area contributed by atoms with Crippen LogP contribution in [0.3, 0.4) is 0 Å². The van der Waals surface area contributed by atoms with Crippen LogP contribution in [0.4, 0.5) is 15.8 Å². The van der Waals surface area contributed by atoms with Gasteiger partial charge in [0.2, 0.25) is 11.8 Å². The fourth-order valence-electron chi connectivity index (χ4n) is 1.93. The molecule has 0 unspecified atom stereocenters. The largest absolute Gasteiger partial charge is 0.325 e. The molecule has 0 heterocycles. The molecule has 0 fully saturated rings. The SMILES string of the molecule is Cc1cccc(NC(=O)CSCC(=O)Nc2ccc(Br)cc2F)c1. The van der Waals surface area contributed by atoms with Gasteiger partial charge in [0.05, 0.1) is 17.2 Å². The number of halogens is 2. The zero-order valence-electron chi connectivity index (χ0n) is 12.9. The van der Waals surface area contributed by atoms with Crippen LogP contribution in [0.1, 0.15) is 5.56 Å². The summed E-state index contributed by atoms with van der Waals surface area (Å²) in [6.07, 6.45) is 0. The fourth-order valence-corrected chi connectivity index (χ4v) is 2.88. The highest BCUT2D eigenvalue weighted by Crippen LogP contribution is 2.19. The number of anilines is 2. The summed E-state index contributed by atoms with van der Waals surface area (Å²) in [6, 6.07) is 11.9. The van der Waals surface area contributed by atoms with E-state index in [0.717, 1.165) is 11.3 Å². The predicted molar refractivity (Wildman–Crippen MR) is 99.9 cm³/mol. The third-order valence-electron chi connectivity index (χ3n) is 2.97. The number of thioether (sulfide) groups is 1. The summed E-state index contributed by atoms with van der Waals surface area (Å²) in [7, 11) is 0. The highest BCUT2D eigenvalue weighted by molar-refractivity contribution is 9.10. The number of rotatable bonds is 6. The first-order chi connectivity index (χ1) is 11.4. The molecule has 7 heteroatoms. The third kappa shape index (κ3) is 5.98. The van der Waals surface area contributed by atoms with E-state index >= 15 is 0 Å². The van der Waals surface area contributed by atoms with E-state index in [1.807, 2.05) is 25.1 Å². The second-order valence-electron chi connectivity index (χ2n) is 5.08. The number of amides is 2. The van der Waals surface area contributed by atoms with Gasteiger partial charge in [0.15, 0.2) is 0 Å². The van der Waals surface area contributed by atoms with E-state index < -0.39 is 5.82 Å². The molecule has 0 aliphatic carbocycles. The Morgan fingerprint density at radius 1 is 1.08 bits per heavy atom. The minimum Gasteiger partial charge on any atom is -0.325 e. The fraction of sp³-hybridized carbons (Fsp3) is 0.176. The van der Waals surface area contributed by atoms with Crippen LogP contribution < -0.4 is 10.6 Å². The molecule has 0 spiro atoms. The summed E-state index contributed by atoms with van der Waals surface area (Å²) in [6.45, 7) is 1.94. The number of carbonyl (C=O) groups is 2. The van der Waals surface area contributed by atoms with E-state index in [1.54, 1.807) is 12.1 Å². The minimum atomic E-state index is -0.514. The zero-order chi connectivity index (χ0) is 17.5. The average molecular weight is 411 g/mol. The lowest BCUT2D eigenvalue weighted by molar-refractivity contribution is -0.114. The maximum Gasteiger partial charge on any atom is 0.234 e. The Bertz CT molecular complexity index is 755. The van der Waals surface area contributed by atoms with Crippen molar-refractivity contribution in [3.63, 3.8) is 0 Å². The molecule has 2 aromatic carbocycles. The molecule has 0 atom stereocenters. The number of hydrogen-bond acceptors (Lipinski definition) is 3. The monoisotopic (exact) mass is 410 g/mol. The van der Waals surface area contributed by atoms with Gasteiger partial charge in [-0.3, -0.25) is 9.59 Å². The maximum atomic E-state index is 13.6. The Labute approximate surface area is 152 Å². The van der Waals surface area contributed by atoms with Gasteiger partial charge >= 0.3 is 0 Å². The lowest BCUT2D eigenvalue weighted by Gasteiger charge is -2.07. The van der Waals surface area contributed by atoms with Gasteiger partial charge in [-0.1, -0.05) is 28.1 Å². The zero-order valence-corrected chi connectivity index (χ0v) is 15.3. The minimum absolute atomic E-state index is 0.0662. The standard InChI is InChI=1S/C17H16BrFN2O2S/c1-11-3-2-4-13(7-11)20-16(22)9-24-10-17(23)21-15-6-5-12(18)8-14(15)19/h2-8H,9-10H2,1H3,(H,20,22)(H,21,23). The van der Waals surface area contributed by atoms with E-state index in [4.69, 9.17) is 0 Å². The lowest BCUT2D eigenvalue weighted by Crippen LogP contribution is -2.19. The van der Waals surface area contributed by atoms with E-state index in [1.165, 1.54) is 23.9 Å². The predicted octanol–water partition coefficient (Wildman–Crippen LogP) is 4.21. The maximum absolute atomic E-state index is 13.6. The van der Waals surface area contributed by atoms with Crippen molar-refractivity contribution in [1.82, 2.24) is 0 Å². The lowest BCUT2D eigenvalue weighted by atomic mass is 10.2. The van der Waals surface area contributed by atoms with E-state index in [9.17, 15) is 14.0 Å². The van der Waals surface area contributed by atoms with Crippen molar-refractivity contribution in [3.8, 4) is 0 Å². The molecule has 2 amide bonds. The Balaban J connectivity index is 1.75. The third-order valence-corrected chi connectivity index (χ3v) is 4.40. The van der Waals surface area contributed by atoms with Gasteiger partial charge in [-0.15, -0.1) is 11.8 Å². The van der Waals surface area contributed by atoms with Crippen molar-refractivity contribution in [2.75, 3.05) is 22.1 Å². The summed E-state index contributed by atoms with van der Waals surface area (Å²) in [5.41, 5.74) is 1.89. The van der Waals surface area contributed by atoms with Crippen LogP contribution in [0.2, 0.25) is 0 Å². The number of nitrogens with one attached hydrogen (secondary N) is 2. The molecule has 4 nitrogen and oxygen atoms in total. The van der Waals surface area contributed by atoms with Gasteiger partial charge < -0.3 is 10.6 Å². The second kappa shape index (κ2) is 8.84. The Morgan fingerprint density at radius 3 is 2.46 bits per heavy atom. The second-order valence-corrected chi connectivity index (χ2v) is 6.98. The van der Waals surface area contributed by atoms with Crippen molar-refractivity contribution in [2.45, 2.75) is 6.92 Å². The molecule has 0 aromatic heterocycles. The molecule has 0 aliphatic rings. The van der Waals surface area contributed by atoms with Crippen molar-refractivity contribution in [2.24, 2.45) is 0 Å². The summed E-state index contributed by atoms with van der Waals surface area (Å²) in [4.78, 5) is 23.6. The normalized spacial score (nSPS) is 10.3. The highest BCUT2D eigenvalue weighted by Gasteiger charge is 2.09. The van der Waals surface area contributed by atoms with Gasteiger partial charge in [0, 0.05) is 10.2 Å². The molecule has 126 valence electrons. The van der Waals surface area contributed by atoms with Crippen LogP contribution >= 0.6 is 27.7 Å². The van der Waals surface area contributed by atoms with E-state index in [0.29, 0.717) is 4.47 Å². The van der Waals surface area contributed by atoms with Crippen LogP contribution in [-0.2, 0) is 9.59 Å². The number of hydrogen-bond donors (Lipinski definition) is 2. The summed E-state index contributed by atoms with van der Waals surface area (Å²) < 4.78 is 14.2. The first kappa shape index (κ1) is 18.5. The Kier molecular flexibility index (Phi) is 6.81. The van der Waals surface area contributed by atoms with Crippen molar-refractivity contribution < 1.29 is 14.0 Å². The molecule has 0 saturated heterocycles. The molecule has 2 aromatic rings. The van der Waals surface area contributed by atoms with Crippen molar-refractivity contribution >= 4 is 50.9 Å². The first-order valence-corrected chi connectivity index (χ1v) is 9.08. The van der Waals surface area contributed by atoms with Crippen LogP contribution in [0, 0.1) is 12.7 Å². The molecule has 2 N–H and O–H groups in total. The van der Waals surface area contributed by atoms with Crippen LogP contribution in [0.25, 0.3) is 0 Å². The summed E-state index contributed by atoms with van der Waals surface area (Å²) in [5, 5.41) is 5.25. The van der Waals surface area contributed by atoms with E-state index in [-0.39, 0.29) is 29.0 Å². The summed E-state index contributed by atoms with van der Waals surface area (Å²) >= 11 is 4.32. The Hall–Kier alpha value is -1.86. The van der Waals surface area contributed by atoms with E-state index in [2.05, 4.69) is 26.6 Å². The quantitative estimate of drug-likeness (QED) is 0.749. The van der Waals surface area contributed by atoms with Gasteiger partial charge in [-0.05, 0) is 42.8 Å². The van der Waals surface area contributed by atoms with Crippen LogP contribution in [0.15, 0.2) is 46.9 Å². The van der Waals surface area contributed by atoms with Gasteiger partial charge in [-0.2, -0.15) is 0 Å². The first-order valence-electron chi connectivity index (χ1n) is 7.13. The summed E-state index contributed by atoms with van der Waals surface area (Å²) in [5.74, 6) is -0.848. The molecular formula is C17H16BrFN2O2S. The van der Waals surface area contributed by atoms with Crippen LogP contribution in [0.5, 0.6) is 0 Å². The number of benzene rings is 2. The molecule has 0 aliphatic heterocycles.